The summed E-state index contributed by atoms with van der Waals surface area (Å²) in [6, 6.07) is 13.4. The molecule has 1 amide bonds. The van der Waals surface area contributed by atoms with E-state index in [-0.39, 0.29) is 18.0 Å². The monoisotopic (exact) mass is 409 g/mol. The zero-order chi connectivity index (χ0) is 21.7. The van der Waals surface area contributed by atoms with E-state index in [1.54, 1.807) is 18.2 Å². The van der Waals surface area contributed by atoms with Crippen LogP contribution in [0.5, 0.6) is 17.4 Å². The average Bonchev–Trinajstić information content (AvgIpc) is 2.74. The van der Waals surface area contributed by atoms with Gasteiger partial charge in [0, 0.05) is 36.0 Å². The third-order valence-electron chi connectivity index (χ3n) is 4.50. The van der Waals surface area contributed by atoms with Crippen LogP contribution in [0, 0.1) is 13.8 Å². The SMILES string of the molecule is COc1cc(NC(=O)COc2ccc(=O)n(-c3ccc(C)c(C)c3)n2)cc(OC)c1. The molecule has 30 heavy (non-hydrogen) atoms. The lowest BCUT2D eigenvalue weighted by atomic mass is 10.1. The molecule has 1 heterocycles. The first-order chi connectivity index (χ1) is 14.4. The Bertz CT molecular complexity index is 1100. The second-order valence-corrected chi connectivity index (χ2v) is 6.63. The summed E-state index contributed by atoms with van der Waals surface area (Å²) >= 11 is 0. The molecular weight excluding hydrogens is 386 g/mol. The van der Waals surface area contributed by atoms with Crippen molar-refractivity contribution >= 4 is 11.6 Å². The summed E-state index contributed by atoms with van der Waals surface area (Å²) in [6.45, 7) is 3.67. The fourth-order valence-corrected chi connectivity index (χ4v) is 2.73. The van der Waals surface area contributed by atoms with Crippen molar-refractivity contribution in [2.75, 3.05) is 26.1 Å². The molecule has 156 valence electrons. The molecule has 0 aliphatic rings. The number of nitrogens with one attached hydrogen (secondary N) is 1. The van der Waals surface area contributed by atoms with Crippen molar-refractivity contribution in [1.29, 1.82) is 0 Å². The van der Waals surface area contributed by atoms with Crippen LogP contribution in [-0.2, 0) is 4.79 Å². The van der Waals surface area contributed by atoms with Crippen LogP contribution in [0.3, 0.4) is 0 Å². The second kappa shape index (κ2) is 9.13. The van der Waals surface area contributed by atoms with Crippen LogP contribution in [-0.4, -0.2) is 36.5 Å². The highest BCUT2D eigenvalue weighted by molar-refractivity contribution is 5.92. The van der Waals surface area contributed by atoms with Crippen LogP contribution in [0.2, 0.25) is 0 Å². The highest BCUT2D eigenvalue weighted by Gasteiger charge is 2.10. The highest BCUT2D eigenvalue weighted by Crippen LogP contribution is 2.25. The molecule has 8 nitrogen and oxygen atoms in total. The van der Waals surface area contributed by atoms with Crippen molar-refractivity contribution in [3.05, 3.63) is 70.0 Å². The van der Waals surface area contributed by atoms with Crippen LogP contribution in [0.15, 0.2) is 53.3 Å². The Morgan fingerprint density at radius 2 is 1.67 bits per heavy atom. The maximum absolute atomic E-state index is 12.3. The number of anilines is 1. The molecule has 0 fully saturated rings. The van der Waals surface area contributed by atoms with Gasteiger partial charge in [0.1, 0.15) is 11.5 Å². The first-order valence-electron chi connectivity index (χ1n) is 9.23. The topological polar surface area (TPSA) is 91.7 Å². The van der Waals surface area contributed by atoms with Crippen molar-refractivity contribution < 1.29 is 19.0 Å². The Kier molecular flexibility index (Phi) is 6.36. The van der Waals surface area contributed by atoms with Gasteiger partial charge in [0.15, 0.2) is 6.61 Å². The van der Waals surface area contributed by atoms with Crippen molar-refractivity contribution in [1.82, 2.24) is 9.78 Å². The van der Waals surface area contributed by atoms with Gasteiger partial charge in [-0.25, -0.2) is 0 Å². The van der Waals surface area contributed by atoms with E-state index in [2.05, 4.69) is 10.4 Å². The maximum Gasteiger partial charge on any atom is 0.271 e. The average molecular weight is 409 g/mol. The predicted octanol–water partition coefficient (Wildman–Crippen LogP) is 2.88. The Labute approximate surface area is 174 Å². The Morgan fingerprint density at radius 1 is 0.967 bits per heavy atom. The third kappa shape index (κ3) is 4.96. The van der Waals surface area contributed by atoms with Crippen LogP contribution in [0.4, 0.5) is 5.69 Å². The van der Waals surface area contributed by atoms with E-state index in [1.165, 1.54) is 31.0 Å². The number of nitrogens with zero attached hydrogens (tertiary/aromatic N) is 2. The van der Waals surface area contributed by atoms with Crippen LogP contribution in [0.25, 0.3) is 5.69 Å². The fraction of sp³-hybridized carbons (Fsp3) is 0.227. The number of ether oxygens (including phenoxy) is 3. The van der Waals surface area contributed by atoms with E-state index in [0.29, 0.717) is 22.9 Å². The molecule has 0 saturated carbocycles. The van der Waals surface area contributed by atoms with Crippen LogP contribution in [0.1, 0.15) is 11.1 Å². The largest absolute Gasteiger partial charge is 0.497 e. The number of hydrogen-bond acceptors (Lipinski definition) is 6. The Balaban J connectivity index is 1.71. The van der Waals surface area contributed by atoms with Gasteiger partial charge < -0.3 is 19.5 Å². The van der Waals surface area contributed by atoms with Crippen molar-refractivity contribution in [3.63, 3.8) is 0 Å². The summed E-state index contributed by atoms with van der Waals surface area (Å²) in [5, 5.41) is 6.92. The van der Waals surface area contributed by atoms with Gasteiger partial charge >= 0.3 is 0 Å². The Hall–Kier alpha value is -3.81. The molecule has 0 unspecified atom stereocenters. The molecule has 0 saturated heterocycles. The molecule has 2 aromatic carbocycles. The van der Waals surface area contributed by atoms with E-state index in [0.717, 1.165) is 11.1 Å². The van der Waals surface area contributed by atoms with Gasteiger partial charge in [0.25, 0.3) is 11.5 Å². The number of carbonyl (C=O) groups excluding carboxylic acids is 1. The summed E-state index contributed by atoms with van der Waals surface area (Å²) in [5.74, 6) is 0.864. The minimum atomic E-state index is -0.393. The normalized spacial score (nSPS) is 10.4. The van der Waals surface area contributed by atoms with Gasteiger partial charge in [-0.3, -0.25) is 9.59 Å². The standard InChI is InChI=1S/C22H23N3O5/c1-14-5-6-17(9-15(14)2)25-22(27)8-7-21(24-25)30-13-20(26)23-16-10-18(28-3)12-19(11-16)29-4/h5-12H,13H2,1-4H3,(H,23,26). The lowest BCUT2D eigenvalue weighted by molar-refractivity contribution is -0.118. The zero-order valence-corrected chi connectivity index (χ0v) is 17.3. The lowest BCUT2D eigenvalue weighted by Crippen LogP contribution is -2.24. The van der Waals surface area contributed by atoms with Gasteiger partial charge in [-0.1, -0.05) is 6.07 Å². The molecular formula is C22H23N3O5. The quantitative estimate of drug-likeness (QED) is 0.645. The molecule has 1 N–H and O–H groups in total. The van der Waals surface area contributed by atoms with Gasteiger partial charge in [0.2, 0.25) is 5.88 Å². The second-order valence-electron chi connectivity index (χ2n) is 6.63. The van der Waals surface area contributed by atoms with Crippen LogP contribution >= 0.6 is 0 Å². The summed E-state index contributed by atoms with van der Waals surface area (Å²) in [4.78, 5) is 24.5. The van der Waals surface area contributed by atoms with Gasteiger partial charge in [-0.05, 0) is 37.1 Å². The molecule has 3 rings (SSSR count). The molecule has 0 spiro atoms. The minimum absolute atomic E-state index is 0.159. The maximum atomic E-state index is 12.3. The zero-order valence-electron chi connectivity index (χ0n) is 17.3. The summed E-state index contributed by atoms with van der Waals surface area (Å²) < 4.78 is 17.1. The van der Waals surface area contributed by atoms with Gasteiger partial charge in [0.05, 0.1) is 19.9 Å². The van der Waals surface area contributed by atoms with Gasteiger partial charge in [-0.2, -0.15) is 4.68 Å². The molecule has 1 aromatic heterocycles. The molecule has 0 bridgehead atoms. The van der Waals surface area contributed by atoms with E-state index < -0.39 is 5.91 Å². The molecule has 8 heteroatoms. The summed E-state index contributed by atoms with van der Waals surface area (Å²) in [5.41, 5.74) is 3.00. The predicted molar refractivity (Wildman–Crippen MR) is 113 cm³/mol. The molecule has 0 radical (unpaired) electrons. The molecule has 3 aromatic rings. The number of methoxy groups -OCH3 is 2. The summed E-state index contributed by atoms with van der Waals surface area (Å²) in [7, 11) is 3.05. The number of hydrogen-bond donors (Lipinski definition) is 1. The molecule has 0 aliphatic heterocycles. The van der Waals surface area contributed by atoms with E-state index in [9.17, 15) is 9.59 Å². The first-order valence-corrected chi connectivity index (χ1v) is 9.23. The number of aryl methyl sites for hydroxylation is 2. The number of carbonyl (C=O) groups is 1. The lowest BCUT2D eigenvalue weighted by Gasteiger charge is -2.11. The third-order valence-corrected chi connectivity index (χ3v) is 4.50. The minimum Gasteiger partial charge on any atom is -0.497 e. The fourth-order valence-electron chi connectivity index (χ4n) is 2.73. The van der Waals surface area contributed by atoms with Crippen molar-refractivity contribution in [2.45, 2.75) is 13.8 Å². The van der Waals surface area contributed by atoms with E-state index in [1.807, 2.05) is 32.0 Å². The molecule has 0 aliphatic carbocycles. The molecule has 0 atom stereocenters. The Morgan fingerprint density at radius 3 is 2.30 bits per heavy atom. The van der Waals surface area contributed by atoms with E-state index >= 15 is 0 Å². The number of benzene rings is 2. The summed E-state index contributed by atoms with van der Waals surface area (Å²) in [6.07, 6.45) is 0. The number of rotatable bonds is 7. The van der Waals surface area contributed by atoms with E-state index in [4.69, 9.17) is 14.2 Å². The van der Waals surface area contributed by atoms with Crippen molar-refractivity contribution in [3.8, 4) is 23.1 Å². The highest BCUT2D eigenvalue weighted by atomic mass is 16.5. The first kappa shape index (κ1) is 20.9. The van der Waals surface area contributed by atoms with Crippen LogP contribution < -0.4 is 25.1 Å². The smallest absolute Gasteiger partial charge is 0.271 e. The van der Waals surface area contributed by atoms with Crippen molar-refractivity contribution in [2.24, 2.45) is 0 Å². The number of aromatic nitrogens is 2. The number of amides is 1. The van der Waals surface area contributed by atoms with Gasteiger partial charge in [-0.15, -0.1) is 5.10 Å².